The molecular weight excluding hydrogens is 312 g/mol. The highest BCUT2D eigenvalue weighted by Crippen LogP contribution is 2.13. The van der Waals surface area contributed by atoms with E-state index in [1.54, 1.807) is 20.8 Å². The molecule has 0 fully saturated rings. The third-order valence-corrected chi connectivity index (χ3v) is 3.62. The lowest BCUT2D eigenvalue weighted by atomic mass is 10.1. The normalized spacial score (nSPS) is 14.7. The topological polar surface area (TPSA) is 71.1 Å². The third kappa shape index (κ3) is 11.2. The Labute approximate surface area is 145 Å². The van der Waals surface area contributed by atoms with Crippen LogP contribution in [0, 0.1) is 5.92 Å². The van der Waals surface area contributed by atoms with E-state index in [1.807, 2.05) is 13.8 Å². The molecule has 6 heteroatoms. The molecule has 0 N–H and O–H groups in total. The Kier molecular flexibility index (Phi) is 10.6. The summed E-state index contributed by atoms with van der Waals surface area (Å²) in [6, 6.07) is 0. The highest BCUT2D eigenvalue weighted by atomic mass is 16.7. The summed E-state index contributed by atoms with van der Waals surface area (Å²) in [7, 11) is 0. The van der Waals surface area contributed by atoms with Crippen LogP contribution >= 0.6 is 0 Å². The Morgan fingerprint density at radius 2 is 1.50 bits per heavy atom. The van der Waals surface area contributed by atoms with Crippen molar-refractivity contribution in [2.45, 2.75) is 72.9 Å². The summed E-state index contributed by atoms with van der Waals surface area (Å²) in [5, 5.41) is 0. The molecule has 0 saturated carbocycles. The average molecular weight is 344 g/mol. The molecule has 0 aliphatic rings. The fourth-order valence-electron chi connectivity index (χ4n) is 1.39. The van der Waals surface area contributed by atoms with Crippen molar-refractivity contribution in [2.24, 2.45) is 5.92 Å². The first kappa shape index (κ1) is 22.6. The minimum atomic E-state index is -0.719. The van der Waals surface area contributed by atoms with Crippen LogP contribution in [0.15, 0.2) is 12.2 Å². The van der Waals surface area contributed by atoms with E-state index < -0.39 is 23.8 Å². The van der Waals surface area contributed by atoms with Gasteiger partial charge in [0.2, 0.25) is 6.29 Å². The van der Waals surface area contributed by atoms with Crippen LogP contribution in [0.4, 0.5) is 0 Å². The van der Waals surface area contributed by atoms with Gasteiger partial charge in [-0.3, -0.25) is 0 Å². The molecular formula is C18H32O6. The van der Waals surface area contributed by atoms with Crippen molar-refractivity contribution in [1.82, 2.24) is 0 Å². The molecule has 0 aliphatic heterocycles. The summed E-state index contributed by atoms with van der Waals surface area (Å²) in [4.78, 5) is 23.2. The van der Waals surface area contributed by atoms with Crippen LogP contribution < -0.4 is 0 Å². The Balaban J connectivity index is 4.01. The minimum absolute atomic E-state index is 0.146. The summed E-state index contributed by atoms with van der Waals surface area (Å²) in [5.74, 6) is -0.809. The summed E-state index contributed by atoms with van der Waals surface area (Å²) in [5.41, 5.74) is -0.561. The number of esters is 2. The number of ether oxygens (including phenoxy) is 4. The molecule has 2 unspecified atom stereocenters. The lowest BCUT2D eigenvalue weighted by Crippen LogP contribution is -2.26. The average Bonchev–Trinajstić information content (AvgIpc) is 2.48. The van der Waals surface area contributed by atoms with Crippen molar-refractivity contribution in [3.8, 4) is 0 Å². The smallest absolute Gasteiger partial charge is 0.333 e. The van der Waals surface area contributed by atoms with Crippen LogP contribution in [0.25, 0.3) is 0 Å². The van der Waals surface area contributed by atoms with Gasteiger partial charge in [0.1, 0.15) is 5.60 Å². The lowest BCUT2D eigenvalue weighted by molar-refractivity contribution is -0.172. The van der Waals surface area contributed by atoms with Crippen molar-refractivity contribution < 1.29 is 28.5 Å². The molecule has 0 rings (SSSR count). The van der Waals surface area contributed by atoms with Crippen molar-refractivity contribution in [3.05, 3.63) is 12.2 Å². The second kappa shape index (κ2) is 11.2. The molecule has 0 aliphatic carbocycles. The summed E-state index contributed by atoms with van der Waals surface area (Å²) < 4.78 is 21.1. The first-order chi connectivity index (χ1) is 11.1. The third-order valence-electron chi connectivity index (χ3n) is 3.62. The van der Waals surface area contributed by atoms with Gasteiger partial charge >= 0.3 is 11.9 Å². The van der Waals surface area contributed by atoms with E-state index in [0.717, 1.165) is 12.2 Å². The standard InChI is InChI=1S/C18H32O6/c1-8-18(6,7)24-17(20)10-9-16(19)23-15(5)22-12-11-21-14(4)13(2)3/h9-10,13-15H,8,11-12H2,1-7H3/b10-9-. The molecule has 0 saturated heterocycles. The van der Waals surface area contributed by atoms with E-state index in [-0.39, 0.29) is 6.10 Å². The monoisotopic (exact) mass is 344 g/mol. The van der Waals surface area contributed by atoms with Crippen molar-refractivity contribution >= 4 is 11.9 Å². The molecule has 0 heterocycles. The van der Waals surface area contributed by atoms with Gasteiger partial charge in [-0.1, -0.05) is 20.8 Å². The van der Waals surface area contributed by atoms with Gasteiger partial charge in [-0.05, 0) is 40.0 Å². The summed E-state index contributed by atoms with van der Waals surface area (Å²) in [6.07, 6.45) is 2.20. The van der Waals surface area contributed by atoms with Gasteiger partial charge in [0.15, 0.2) is 0 Å². The maximum Gasteiger partial charge on any atom is 0.333 e. The van der Waals surface area contributed by atoms with E-state index in [9.17, 15) is 9.59 Å². The second-order valence-corrected chi connectivity index (χ2v) is 6.56. The highest BCUT2D eigenvalue weighted by Gasteiger charge is 2.19. The molecule has 0 spiro atoms. The predicted octanol–water partition coefficient (Wildman–Crippen LogP) is 3.24. The highest BCUT2D eigenvalue weighted by molar-refractivity contribution is 5.91. The van der Waals surface area contributed by atoms with Gasteiger partial charge in [-0.2, -0.15) is 0 Å². The second-order valence-electron chi connectivity index (χ2n) is 6.56. The molecule has 24 heavy (non-hydrogen) atoms. The van der Waals surface area contributed by atoms with Gasteiger partial charge in [-0.15, -0.1) is 0 Å². The van der Waals surface area contributed by atoms with Gasteiger partial charge in [0, 0.05) is 12.2 Å². The minimum Gasteiger partial charge on any atom is -0.457 e. The number of hydrogen-bond donors (Lipinski definition) is 0. The number of carbonyl (C=O) groups excluding carboxylic acids is 2. The Hall–Kier alpha value is -1.40. The predicted molar refractivity (Wildman–Crippen MR) is 91.4 cm³/mol. The van der Waals surface area contributed by atoms with E-state index in [0.29, 0.717) is 25.6 Å². The van der Waals surface area contributed by atoms with Crippen LogP contribution in [-0.4, -0.2) is 43.1 Å². The number of carbonyl (C=O) groups is 2. The first-order valence-corrected chi connectivity index (χ1v) is 8.42. The molecule has 0 bridgehead atoms. The first-order valence-electron chi connectivity index (χ1n) is 8.42. The molecule has 140 valence electrons. The van der Waals surface area contributed by atoms with Crippen molar-refractivity contribution in [1.29, 1.82) is 0 Å². The van der Waals surface area contributed by atoms with Gasteiger partial charge in [0.05, 0.1) is 19.3 Å². The van der Waals surface area contributed by atoms with E-state index in [1.165, 1.54) is 0 Å². The zero-order chi connectivity index (χ0) is 18.8. The molecule has 0 aromatic rings. The zero-order valence-corrected chi connectivity index (χ0v) is 16.0. The molecule has 2 atom stereocenters. The largest absolute Gasteiger partial charge is 0.457 e. The SMILES string of the molecule is CCC(C)(C)OC(=O)/C=C\C(=O)OC(C)OCCOC(C)C(C)C. The van der Waals surface area contributed by atoms with E-state index in [4.69, 9.17) is 18.9 Å². The number of hydrogen-bond acceptors (Lipinski definition) is 6. The fourth-order valence-corrected chi connectivity index (χ4v) is 1.39. The van der Waals surface area contributed by atoms with Crippen LogP contribution in [0.3, 0.4) is 0 Å². The van der Waals surface area contributed by atoms with E-state index in [2.05, 4.69) is 13.8 Å². The number of rotatable bonds is 11. The Bertz CT molecular complexity index is 414. The Morgan fingerprint density at radius 3 is 2.04 bits per heavy atom. The zero-order valence-electron chi connectivity index (χ0n) is 16.0. The summed E-state index contributed by atoms with van der Waals surface area (Å²) >= 11 is 0. The van der Waals surface area contributed by atoms with Crippen LogP contribution in [0.2, 0.25) is 0 Å². The van der Waals surface area contributed by atoms with Crippen LogP contribution in [0.1, 0.15) is 54.9 Å². The van der Waals surface area contributed by atoms with E-state index >= 15 is 0 Å². The Morgan fingerprint density at radius 1 is 0.958 bits per heavy atom. The molecule has 0 aromatic heterocycles. The molecule has 0 radical (unpaired) electrons. The van der Waals surface area contributed by atoms with Crippen molar-refractivity contribution in [3.63, 3.8) is 0 Å². The van der Waals surface area contributed by atoms with Crippen LogP contribution in [-0.2, 0) is 28.5 Å². The maximum absolute atomic E-state index is 11.6. The fraction of sp³-hybridized carbons (Fsp3) is 0.778. The van der Waals surface area contributed by atoms with Crippen molar-refractivity contribution in [2.75, 3.05) is 13.2 Å². The van der Waals surface area contributed by atoms with Gasteiger partial charge in [0.25, 0.3) is 0 Å². The quantitative estimate of drug-likeness (QED) is 0.248. The van der Waals surface area contributed by atoms with Gasteiger partial charge < -0.3 is 18.9 Å². The molecule has 0 amide bonds. The maximum atomic E-state index is 11.6. The van der Waals surface area contributed by atoms with Gasteiger partial charge in [-0.25, -0.2) is 9.59 Å². The molecule has 0 aromatic carbocycles. The lowest BCUT2D eigenvalue weighted by Gasteiger charge is -2.22. The summed E-state index contributed by atoms with van der Waals surface area (Å²) in [6.45, 7) is 14.0. The van der Waals surface area contributed by atoms with Crippen LogP contribution in [0.5, 0.6) is 0 Å². The molecule has 6 nitrogen and oxygen atoms in total.